The monoisotopic (exact) mass is 845 g/mol. The van der Waals surface area contributed by atoms with Crippen molar-refractivity contribution in [2.45, 2.75) is 19.3 Å². The maximum atomic E-state index is 5.32. The second kappa shape index (κ2) is 15.6. The van der Waals surface area contributed by atoms with Gasteiger partial charge in [-0.1, -0.05) is 133 Å². The summed E-state index contributed by atoms with van der Waals surface area (Å²) >= 11 is 0. The predicted molar refractivity (Wildman–Crippen MR) is 271 cm³/mol. The number of benzene rings is 9. The van der Waals surface area contributed by atoms with Gasteiger partial charge < -0.3 is 14.7 Å². The first-order chi connectivity index (χ1) is 32.7. The minimum atomic E-state index is 0.680. The van der Waals surface area contributed by atoms with Crippen LogP contribution in [-0.4, -0.2) is 9.97 Å². The first kappa shape index (κ1) is 38.0. The Bertz CT molecular complexity index is 2950. The average molecular weight is 846 g/mol. The zero-order valence-electron chi connectivity index (χ0n) is 36.2. The predicted octanol–water partition coefficient (Wildman–Crippen LogP) is 15.6. The van der Waals surface area contributed by atoms with Crippen molar-refractivity contribution in [2.24, 2.45) is 0 Å². The molecule has 3 aliphatic heterocycles. The van der Waals surface area contributed by atoms with Crippen LogP contribution in [0.5, 0.6) is 0 Å². The lowest BCUT2D eigenvalue weighted by atomic mass is 9.94. The molecule has 0 aliphatic carbocycles. The molecule has 0 atom stereocenters. The van der Waals surface area contributed by atoms with Crippen molar-refractivity contribution in [3.8, 4) is 33.9 Å². The van der Waals surface area contributed by atoms with E-state index in [1.54, 1.807) is 0 Å². The number of nitrogens with zero attached hydrogens (tertiary/aromatic N) is 5. The molecule has 312 valence electrons. The third-order valence-electron chi connectivity index (χ3n) is 13.5. The third kappa shape index (κ3) is 6.47. The molecule has 5 nitrogen and oxygen atoms in total. The largest absolute Gasteiger partial charge is 0.310 e. The van der Waals surface area contributed by atoms with Crippen molar-refractivity contribution in [3.63, 3.8) is 0 Å². The second-order valence-electron chi connectivity index (χ2n) is 17.4. The van der Waals surface area contributed by atoms with Gasteiger partial charge in [-0.25, -0.2) is 9.97 Å². The van der Waals surface area contributed by atoms with Crippen LogP contribution in [0.2, 0.25) is 0 Å². The van der Waals surface area contributed by atoms with Gasteiger partial charge in [-0.3, -0.25) is 0 Å². The van der Waals surface area contributed by atoms with E-state index in [0.29, 0.717) is 5.82 Å². The van der Waals surface area contributed by atoms with E-state index in [-0.39, 0.29) is 0 Å². The van der Waals surface area contributed by atoms with Crippen molar-refractivity contribution in [2.75, 3.05) is 14.7 Å². The highest BCUT2D eigenvalue weighted by molar-refractivity contribution is 5.87. The molecular weight excluding hydrogens is 803 g/mol. The zero-order valence-corrected chi connectivity index (χ0v) is 36.2. The van der Waals surface area contributed by atoms with Gasteiger partial charge in [-0.2, -0.15) is 0 Å². The fourth-order valence-electron chi connectivity index (χ4n) is 10.3. The fraction of sp³-hybridized carbons (Fsp3) is 0.0492. The van der Waals surface area contributed by atoms with E-state index >= 15 is 0 Å². The molecule has 0 saturated heterocycles. The highest BCUT2D eigenvalue weighted by Crippen LogP contribution is 2.47. The Kier molecular flexibility index (Phi) is 8.98. The van der Waals surface area contributed by atoms with E-state index in [1.807, 2.05) is 0 Å². The maximum absolute atomic E-state index is 5.32. The number of hydrogen-bond acceptors (Lipinski definition) is 5. The molecule has 3 aliphatic rings. The van der Waals surface area contributed by atoms with Crippen LogP contribution >= 0.6 is 0 Å². The van der Waals surface area contributed by atoms with Gasteiger partial charge in [-0.15, -0.1) is 0 Å². The summed E-state index contributed by atoms with van der Waals surface area (Å²) in [4.78, 5) is 17.8. The molecule has 0 bridgehead atoms. The van der Waals surface area contributed by atoms with E-state index in [0.717, 1.165) is 64.4 Å². The molecule has 1 aromatic heterocycles. The SMILES string of the molecule is c1ccc2c(c1)Cc1ccccc1N2c1ccc(-c2cc(-c3ccc(N4c5ccccc5Cc5ccccc54)cc3)nc(-c3ccc(N4c5ccccc5Cc5ccccc54)cc3)n2)cc1. The van der Waals surface area contributed by atoms with Gasteiger partial charge in [0.2, 0.25) is 0 Å². The van der Waals surface area contributed by atoms with Crippen molar-refractivity contribution in [1.82, 2.24) is 9.97 Å². The lowest BCUT2D eigenvalue weighted by Crippen LogP contribution is -2.18. The maximum Gasteiger partial charge on any atom is 0.160 e. The van der Waals surface area contributed by atoms with Crippen LogP contribution in [0.3, 0.4) is 0 Å². The molecule has 0 radical (unpaired) electrons. The summed E-state index contributed by atoms with van der Waals surface area (Å²) < 4.78 is 0. The summed E-state index contributed by atoms with van der Waals surface area (Å²) in [6.45, 7) is 0. The van der Waals surface area contributed by atoms with Crippen molar-refractivity contribution in [3.05, 3.63) is 258 Å². The van der Waals surface area contributed by atoms with Gasteiger partial charge in [0.05, 0.1) is 11.4 Å². The van der Waals surface area contributed by atoms with E-state index < -0.39 is 0 Å². The summed E-state index contributed by atoms with van der Waals surface area (Å²) in [6, 6.07) is 81.0. The highest BCUT2D eigenvalue weighted by Gasteiger charge is 2.27. The van der Waals surface area contributed by atoms with Crippen LogP contribution in [0.1, 0.15) is 33.4 Å². The van der Waals surface area contributed by atoms with Crippen molar-refractivity contribution >= 4 is 51.2 Å². The lowest BCUT2D eigenvalue weighted by Gasteiger charge is -2.33. The Labute approximate surface area is 385 Å². The Morgan fingerprint density at radius 2 is 0.500 bits per heavy atom. The van der Waals surface area contributed by atoms with E-state index in [9.17, 15) is 0 Å². The standard InChI is InChI=1S/C61H43N5/c1-7-19-55-44(13-1)37-45-14-2-8-20-56(45)64(55)50-31-25-41(26-32-50)53-40-54(42-27-33-51(34-28-42)65-57-21-9-3-15-46(57)38-47-16-4-10-22-58(47)65)63-61(62-53)43-29-35-52(36-30-43)66-59-23-11-5-17-48(59)39-49-18-6-12-24-60(49)66/h1-36,40H,37-39H2. The Balaban J connectivity index is 0.901. The summed E-state index contributed by atoms with van der Waals surface area (Å²) in [7, 11) is 0. The normalized spacial score (nSPS) is 13.2. The van der Waals surface area contributed by atoms with Crippen molar-refractivity contribution < 1.29 is 0 Å². The molecule has 10 aromatic rings. The van der Waals surface area contributed by atoms with Crippen LogP contribution in [0, 0.1) is 0 Å². The number of hydrogen-bond donors (Lipinski definition) is 0. The third-order valence-corrected chi connectivity index (χ3v) is 13.5. The Morgan fingerprint density at radius 1 is 0.258 bits per heavy atom. The average Bonchev–Trinajstić information content (AvgIpc) is 3.39. The number of aromatic nitrogens is 2. The smallest absolute Gasteiger partial charge is 0.160 e. The molecule has 4 heterocycles. The second-order valence-corrected chi connectivity index (χ2v) is 17.4. The summed E-state index contributed by atoms with van der Waals surface area (Å²) in [6.07, 6.45) is 2.77. The van der Waals surface area contributed by atoms with E-state index in [4.69, 9.17) is 9.97 Å². The van der Waals surface area contributed by atoms with Crippen molar-refractivity contribution in [1.29, 1.82) is 0 Å². The highest BCUT2D eigenvalue weighted by atomic mass is 15.2. The van der Waals surface area contributed by atoms with Crippen LogP contribution < -0.4 is 14.7 Å². The number of rotatable bonds is 6. The topological polar surface area (TPSA) is 35.5 Å². The Morgan fingerprint density at radius 3 is 0.773 bits per heavy atom. The van der Waals surface area contributed by atoms with Gasteiger partial charge in [0.15, 0.2) is 5.82 Å². The summed E-state index contributed by atoms with van der Waals surface area (Å²) in [5.41, 5.74) is 23.3. The van der Waals surface area contributed by atoms with Crippen LogP contribution in [-0.2, 0) is 19.3 Å². The molecule has 0 amide bonds. The van der Waals surface area contributed by atoms with Crippen LogP contribution in [0.15, 0.2) is 224 Å². The van der Waals surface area contributed by atoms with Gasteiger partial charge in [0.1, 0.15) is 0 Å². The molecular formula is C61H43N5. The zero-order chi connectivity index (χ0) is 43.6. The molecule has 0 fully saturated rings. The minimum absolute atomic E-state index is 0.680. The summed E-state index contributed by atoms with van der Waals surface area (Å²) in [5.74, 6) is 0.680. The minimum Gasteiger partial charge on any atom is -0.310 e. The number of anilines is 9. The molecule has 5 heteroatoms. The van der Waals surface area contributed by atoms with E-state index in [2.05, 4.69) is 239 Å². The van der Waals surface area contributed by atoms with Gasteiger partial charge >= 0.3 is 0 Å². The first-order valence-corrected chi connectivity index (χ1v) is 22.8. The van der Waals surface area contributed by atoms with Gasteiger partial charge in [0, 0.05) is 87.1 Å². The van der Waals surface area contributed by atoms with Gasteiger partial charge in [0.25, 0.3) is 0 Å². The molecule has 0 spiro atoms. The molecule has 66 heavy (non-hydrogen) atoms. The molecule has 0 N–H and O–H groups in total. The molecule has 0 saturated carbocycles. The van der Waals surface area contributed by atoms with Crippen LogP contribution in [0.4, 0.5) is 51.2 Å². The molecule has 9 aromatic carbocycles. The number of para-hydroxylation sites is 6. The van der Waals surface area contributed by atoms with E-state index in [1.165, 1.54) is 67.5 Å². The quantitative estimate of drug-likeness (QED) is 0.167. The fourth-order valence-corrected chi connectivity index (χ4v) is 10.3. The molecule has 13 rings (SSSR count). The first-order valence-electron chi connectivity index (χ1n) is 22.8. The van der Waals surface area contributed by atoms with Gasteiger partial charge in [-0.05, 0) is 124 Å². The lowest BCUT2D eigenvalue weighted by molar-refractivity contribution is 1.09. The Hall–Kier alpha value is -8.54. The number of fused-ring (bicyclic) bond motifs is 6. The summed E-state index contributed by atoms with van der Waals surface area (Å²) in [5, 5.41) is 0. The van der Waals surface area contributed by atoms with Crippen LogP contribution in [0.25, 0.3) is 33.9 Å². The molecule has 0 unspecified atom stereocenters.